The van der Waals surface area contributed by atoms with Crippen LogP contribution in [0.1, 0.15) is 13.3 Å². The van der Waals surface area contributed by atoms with Crippen LogP contribution >= 0.6 is 23.2 Å². The number of aliphatic imine (C=N–C) groups is 1. The summed E-state index contributed by atoms with van der Waals surface area (Å²) in [7, 11) is 1.84. The number of hydrogen-bond acceptors (Lipinski definition) is 2. The number of nitrogens with one attached hydrogen (secondary N) is 1. The Morgan fingerprint density at radius 2 is 2.21 bits per heavy atom. The molecule has 0 aromatic carbocycles. The van der Waals surface area contributed by atoms with E-state index in [1.54, 1.807) is 6.08 Å². The number of hydrogen-bond donors (Lipinski definition) is 1. The quantitative estimate of drug-likeness (QED) is 0.427. The van der Waals surface area contributed by atoms with E-state index in [4.69, 9.17) is 23.2 Å². The summed E-state index contributed by atoms with van der Waals surface area (Å²) in [5.74, 6) is 0. The summed E-state index contributed by atoms with van der Waals surface area (Å²) in [6, 6.07) is 0.116. The van der Waals surface area contributed by atoms with E-state index in [9.17, 15) is 0 Å². The molecule has 14 heavy (non-hydrogen) atoms. The topological polar surface area (TPSA) is 24.4 Å². The van der Waals surface area contributed by atoms with E-state index in [2.05, 4.69) is 23.5 Å². The van der Waals surface area contributed by atoms with Gasteiger partial charge in [0.25, 0.3) is 0 Å². The Balaban J connectivity index is 4.28. The van der Waals surface area contributed by atoms with Gasteiger partial charge in [0.05, 0.1) is 5.70 Å². The van der Waals surface area contributed by atoms with Gasteiger partial charge in [-0.2, -0.15) is 0 Å². The molecular weight excluding hydrogens is 219 g/mol. The molecule has 0 rings (SSSR count). The Morgan fingerprint density at radius 3 is 2.57 bits per heavy atom. The fourth-order valence-electron chi connectivity index (χ4n) is 0.923. The molecule has 0 aliphatic heterocycles. The van der Waals surface area contributed by atoms with Crippen molar-refractivity contribution in [3.8, 4) is 0 Å². The third-order valence-corrected chi connectivity index (χ3v) is 2.36. The SMILES string of the molecule is C=CC(=C)/N=C(/Cl)C[C@@H](NC)C(C)Cl. The predicted octanol–water partition coefficient (Wildman–Crippen LogP) is 2.93. The average molecular weight is 235 g/mol. The van der Waals surface area contributed by atoms with Gasteiger partial charge < -0.3 is 5.32 Å². The number of allylic oxidation sites excluding steroid dienone is 1. The highest BCUT2D eigenvalue weighted by Crippen LogP contribution is 2.10. The molecular formula is C10H16Cl2N2. The molecule has 0 saturated heterocycles. The number of halogens is 2. The van der Waals surface area contributed by atoms with Crippen molar-refractivity contribution in [3.63, 3.8) is 0 Å². The van der Waals surface area contributed by atoms with Gasteiger partial charge in [0, 0.05) is 17.8 Å². The van der Waals surface area contributed by atoms with Gasteiger partial charge in [0.15, 0.2) is 0 Å². The molecule has 2 nitrogen and oxygen atoms in total. The number of alkyl halides is 1. The number of nitrogens with zero attached hydrogens (tertiary/aromatic N) is 1. The highest BCUT2D eigenvalue weighted by atomic mass is 35.5. The minimum absolute atomic E-state index is 0.000876. The molecule has 0 aliphatic carbocycles. The lowest BCUT2D eigenvalue weighted by Crippen LogP contribution is -2.34. The standard InChI is InChI=1S/C10H16Cl2N2/c1-5-7(2)14-10(12)6-9(13-4)8(3)11/h5,8-9,13H,1-2,6H2,3-4H3/b14-10+/t8?,9-/m1/s1. The summed E-state index contributed by atoms with van der Waals surface area (Å²) in [4.78, 5) is 4.04. The lowest BCUT2D eigenvalue weighted by Gasteiger charge is -2.17. The van der Waals surface area contributed by atoms with E-state index in [-0.39, 0.29) is 11.4 Å². The fourth-order valence-corrected chi connectivity index (χ4v) is 1.41. The molecule has 0 heterocycles. The lowest BCUT2D eigenvalue weighted by atomic mass is 10.1. The summed E-state index contributed by atoms with van der Waals surface area (Å²) in [5, 5.41) is 3.56. The van der Waals surface area contributed by atoms with Crippen molar-refractivity contribution >= 4 is 28.4 Å². The average Bonchev–Trinajstić information content (AvgIpc) is 2.13. The molecule has 0 saturated carbocycles. The van der Waals surface area contributed by atoms with Crippen LogP contribution in [0.5, 0.6) is 0 Å². The van der Waals surface area contributed by atoms with Gasteiger partial charge in [-0.1, -0.05) is 24.8 Å². The van der Waals surface area contributed by atoms with E-state index >= 15 is 0 Å². The maximum absolute atomic E-state index is 5.94. The van der Waals surface area contributed by atoms with Gasteiger partial charge in [-0.3, -0.25) is 0 Å². The molecule has 2 atom stereocenters. The third kappa shape index (κ3) is 5.43. The van der Waals surface area contributed by atoms with Crippen LogP contribution in [-0.2, 0) is 0 Å². The molecule has 0 amide bonds. The minimum Gasteiger partial charge on any atom is -0.315 e. The first kappa shape index (κ1) is 13.7. The summed E-state index contributed by atoms with van der Waals surface area (Å²) in [5.41, 5.74) is 0.562. The smallest absolute Gasteiger partial charge is 0.108 e. The minimum atomic E-state index is 0.000876. The van der Waals surface area contributed by atoms with Crippen molar-refractivity contribution in [1.29, 1.82) is 0 Å². The van der Waals surface area contributed by atoms with Gasteiger partial charge in [0.2, 0.25) is 0 Å². The normalized spacial score (nSPS) is 16.1. The monoisotopic (exact) mass is 234 g/mol. The number of rotatable bonds is 6. The molecule has 1 unspecified atom stereocenters. The van der Waals surface area contributed by atoms with Crippen LogP contribution in [0.4, 0.5) is 0 Å². The second-order valence-electron chi connectivity index (χ2n) is 2.96. The van der Waals surface area contributed by atoms with E-state index in [1.165, 1.54) is 0 Å². The molecule has 1 N–H and O–H groups in total. The Morgan fingerprint density at radius 1 is 1.64 bits per heavy atom. The zero-order valence-electron chi connectivity index (χ0n) is 8.56. The molecule has 80 valence electrons. The highest BCUT2D eigenvalue weighted by Gasteiger charge is 2.14. The van der Waals surface area contributed by atoms with E-state index < -0.39 is 0 Å². The van der Waals surface area contributed by atoms with Crippen molar-refractivity contribution in [2.45, 2.75) is 24.8 Å². The Kier molecular flexibility index (Phi) is 6.89. The second-order valence-corrected chi connectivity index (χ2v) is 4.09. The van der Waals surface area contributed by atoms with Gasteiger partial charge in [0.1, 0.15) is 5.17 Å². The highest BCUT2D eigenvalue weighted by molar-refractivity contribution is 6.65. The molecule has 0 radical (unpaired) electrons. The summed E-state index contributed by atoms with van der Waals surface area (Å²) < 4.78 is 0. The van der Waals surface area contributed by atoms with E-state index in [0.717, 1.165) is 0 Å². The molecule has 0 spiro atoms. The summed E-state index contributed by atoms with van der Waals surface area (Å²) in [6.45, 7) is 9.10. The first-order valence-corrected chi connectivity index (χ1v) is 5.18. The molecule has 4 heteroatoms. The van der Waals surface area contributed by atoms with Crippen molar-refractivity contribution in [2.75, 3.05) is 7.05 Å². The maximum atomic E-state index is 5.94. The van der Waals surface area contributed by atoms with Crippen molar-refractivity contribution in [1.82, 2.24) is 5.32 Å². The van der Waals surface area contributed by atoms with Crippen LogP contribution < -0.4 is 5.32 Å². The zero-order valence-corrected chi connectivity index (χ0v) is 10.1. The van der Waals surface area contributed by atoms with Gasteiger partial charge in [-0.25, -0.2) is 4.99 Å². The Hall–Kier alpha value is -0.310. The zero-order chi connectivity index (χ0) is 11.1. The molecule has 0 fully saturated rings. The largest absolute Gasteiger partial charge is 0.315 e. The fraction of sp³-hybridized carbons (Fsp3) is 0.500. The van der Waals surface area contributed by atoms with Gasteiger partial charge in [-0.15, -0.1) is 11.6 Å². The molecule has 0 bridgehead atoms. The van der Waals surface area contributed by atoms with Gasteiger partial charge >= 0.3 is 0 Å². The first-order valence-electron chi connectivity index (χ1n) is 4.37. The van der Waals surface area contributed by atoms with E-state index in [1.807, 2.05) is 14.0 Å². The first-order chi connectivity index (χ1) is 6.51. The van der Waals surface area contributed by atoms with Crippen LogP contribution in [0.2, 0.25) is 0 Å². The van der Waals surface area contributed by atoms with Crippen LogP contribution in [0.15, 0.2) is 29.9 Å². The predicted molar refractivity (Wildman–Crippen MR) is 65.4 cm³/mol. The summed E-state index contributed by atoms with van der Waals surface area (Å²) >= 11 is 11.9. The lowest BCUT2D eigenvalue weighted by molar-refractivity contribution is 0.572. The van der Waals surface area contributed by atoms with Crippen LogP contribution in [0, 0.1) is 0 Å². The third-order valence-electron chi connectivity index (χ3n) is 1.81. The van der Waals surface area contributed by atoms with Crippen molar-refractivity contribution in [3.05, 3.63) is 24.9 Å². The Labute approximate surface area is 95.7 Å². The van der Waals surface area contributed by atoms with Crippen LogP contribution in [0.25, 0.3) is 0 Å². The van der Waals surface area contributed by atoms with Crippen LogP contribution in [-0.4, -0.2) is 23.6 Å². The van der Waals surface area contributed by atoms with Crippen molar-refractivity contribution < 1.29 is 0 Å². The molecule has 0 aliphatic rings. The molecule has 0 aromatic heterocycles. The van der Waals surface area contributed by atoms with Crippen LogP contribution in [0.3, 0.4) is 0 Å². The second kappa shape index (κ2) is 7.04. The van der Waals surface area contributed by atoms with E-state index in [0.29, 0.717) is 17.3 Å². The summed E-state index contributed by atoms with van der Waals surface area (Å²) in [6.07, 6.45) is 2.15. The van der Waals surface area contributed by atoms with Crippen molar-refractivity contribution in [2.24, 2.45) is 4.99 Å². The maximum Gasteiger partial charge on any atom is 0.108 e. The Bertz CT molecular complexity index is 234. The molecule has 0 aromatic rings. The van der Waals surface area contributed by atoms with Gasteiger partial charge in [-0.05, 0) is 20.0 Å².